The Kier molecular flexibility index (Phi) is 4.17. The van der Waals surface area contributed by atoms with E-state index in [0.29, 0.717) is 11.3 Å². The molecule has 5 heteroatoms. The number of carbonyl (C=O) groups is 1. The molecular weight excluding hydrogens is 208 g/mol. The van der Waals surface area contributed by atoms with Gasteiger partial charge in [-0.1, -0.05) is 12.1 Å². The summed E-state index contributed by atoms with van der Waals surface area (Å²) in [5, 5.41) is 3.38. The fourth-order valence-electron chi connectivity index (χ4n) is 1.10. The molecule has 0 bridgehead atoms. The maximum atomic E-state index is 11.5. The number of hydrogen-bond acceptors (Lipinski definition) is 3. The Balaban J connectivity index is 3.00. The summed E-state index contributed by atoms with van der Waals surface area (Å²) in [6, 6.07) is 6.94. The average Bonchev–Trinajstić information content (AvgIpc) is 2.18. The molecule has 1 aromatic rings. The van der Waals surface area contributed by atoms with E-state index < -0.39 is 5.91 Å². The highest BCUT2D eigenvalue weighted by atomic mass is 28.2. The highest BCUT2D eigenvalue weighted by Crippen LogP contribution is 2.20. The number of rotatable bonds is 3. The Labute approximate surface area is 91.9 Å². The van der Waals surface area contributed by atoms with Crippen molar-refractivity contribution in [3.8, 4) is 5.75 Å². The topological polar surface area (TPSA) is 51.0 Å². The molecule has 0 aliphatic heterocycles. The van der Waals surface area contributed by atoms with E-state index in [0.717, 1.165) is 0 Å². The first-order valence-corrected chi connectivity index (χ1v) is 4.97. The van der Waals surface area contributed by atoms with E-state index in [2.05, 4.69) is 20.3 Å². The predicted octanol–water partition coefficient (Wildman–Crippen LogP) is 2.15. The Morgan fingerprint density at radius 1 is 1.40 bits per heavy atom. The van der Waals surface area contributed by atoms with Crippen molar-refractivity contribution in [1.29, 1.82) is 0 Å². The van der Waals surface area contributed by atoms with Crippen LogP contribution in [0.1, 0.15) is 24.2 Å². The predicted molar refractivity (Wildman–Crippen MR) is 57.1 cm³/mol. The fourth-order valence-corrected chi connectivity index (χ4v) is 1.19. The maximum Gasteiger partial charge on any atom is 0.297 e. The van der Waals surface area contributed by atoms with Crippen LogP contribution in [-0.2, 0) is 0 Å². The lowest BCUT2D eigenvalue weighted by atomic mass is 10.2. The molecule has 1 rings (SSSR count). The highest BCUT2D eigenvalue weighted by Gasteiger charge is 2.11. The van der Waals surface area contributed by atoms with E-state index in [4.69, 9.17) is 4.74 Å². The number of carbonyl (C=O) groups excluding carboxylic acids is 1. The van der Waals surface area contributed by atoms with Gasteiger partial charge in [0.25, 0.3) is 16.3 Å². The third kappa shape index (κ3) is 3.28. The second kappa shape index (κ2) is 5.40. The van der Waals surface area contributed by atoms with Gasteiger partial charge >= 0.3 is 0 Å². The van der Waals surface area contributed by atoms with Crippen LogP contribution in [0.15, 0.2) is 34.2 Å². The molecule has 3 radical (unpaired) electrons. The Morgan fingerprint density at radius 3 is 2.67 bits per heavy atom. The van der Waals surface area contributed by atoms with Crippen LogP contribution in [0.4, 0.5) is 0 Å². The van der Waals surface area contributed by atoms with Crippen molar-refractivity contribution in [2.45, 2.75) is 20.0 Å². The van der Waals surface area contributed by atoms with Crippen LogP contribution < -0.4 is 4.74 Å². The molecule has 0 fully saturated rings. The Bertz CT molecular complexity index is 377. The van der Waals surface area contributed by atoms with Gasteiger partial charge in [-0.2, -0.15) is 0 Å². The van der Waals surface area contributed by atoms with Gasteiger partial charge in [0, 0.05) is 0 Å². The third-order valence-corrected chi connectivity index (χ3v) is 1.72. The van der Waals surface area contributed by atoms with E-state index in [1.807, 2.05) is 13.8 Å². The molecule has 0 aliphatic rings. The number of para-hydroxylation sites is 1. The molecule has 0 aromatic heterocycles. The SMILES string of the molecule is CC(C)Oc1ccccc1C(=O)N=N[Si]. The molecule has 0 saturated heterocycles. The van der Waals surface area contributed by atoms with E-state index in [1.54, 1.807) is 24.3 Å². The summed E-state index contributed by atoms with van der Waals surface area (Å²) in [6.07, 6.45) is 0.0133. The zero-order valence-electron chi connectivity index (χ0n) is 8.60. The minimum absolute atomic E-state index is 0.0133. The molecule has 0 atom stereocenters. The van der Waals surface area contributed by atoms with Gasteiger partial charge in [-0.3, -0.25) is 4.79 Å². The summed E-state index contributed by atoms with van der Waals surface area (Å²) in [7, 11) is 2.77. The van der Waals surface area contributed by atoms with Gasteiger partial charge in [0.05, 0.1) is 11.7 Å². The fraction of sp³-hybridized carbons (Fsp3) is 0.300. The molecule has 1 amide bonds. The van der Waals surface area contributed by atoms with Gasteiger partial charge in [0.15, 0.2) is 0 Å². The summed E-state index contributed by atoms with van der Waals surface area (Å²) < 4.78 is 8.73. The quantitative estimate of drug-likeness (QED) is 0.577. The molecular formula is C10H11N2O2Si. The molecule has 0 heterocycles. The number of nitrogens with zero attached hydrogens (tertiary/aromatic N) is 2. The first kappa shape index (κ1) is 11.6. The van der Waals surface area contributed by atoms with E-state index in [1.165, 1.54) is 0 Å². The minimum Gasteiger partial charge on any atom is -0.490 e. The Morgan fingerprint density at radius 2 is 2.07 bits per heavy atom. The zero-order chi connectivity index (χ0) is 11.3. The standard InChI is InChI=1S/C10H11N2O2Si/c1-7(2)14-9-6-4-3-5-8(9)10(13)11-12-15/h3-7H,1-2H3. The molecule has 0 N–H and O–H groups in total. The second-order valence-electron chi connectivity index (χ2n) is 3.17. The molecule has 0 aliphatic carbocycles. The van der Waals surface area contributed by atoms with Crippen LogP contribution in [0, 0.1) is 0 Å². The van der Waals surface area contributed by atoms with E-state index in [9.17, 15) is 4.79 Å². The van der Waals surface area contributed by atoms with Crippen molar-refractivity contribution in [3.05, 3.63) is 29.8 Å². The maximum absolute atomic E-state index is 11.5. The van der Waals surface area contributed by atoms with Crippen LogP contribution in [0.25, 0.3) is 0 Å². The van der Waals surface area contributed by atoms with Crippen LogP contribution in [0.5, 0.6) is 5.75 Å². The molecule has 0 spiro atoms. The number of amides is 1. The van der Waals surface area contributed by atoms with Crippen molar-refractivity contribution < 1.29 is 9.53 Å². The lowest BCUT2D eigenvalue weighted by molar-refractivity contribution is 0.0990. The van der Waals surface area contributed by atoms with Gasteiger partial charge in [-0.05, 0) is 26.0 Å². The van der Waals surface area contributed by atoms with Crippen molar-refractivity contribution in [3.63, 3.8) is 0 Å². The van der Waals surface area contributed by atoms with Crippen LogP contribution in [0.2, 0.25) is 0 Å². The van der Waals surface area contributed by atoms with Crippen LogP contribution >= 0.6 is 0 Å². The first-order valence-electron chi connectivity index (χ1n) is 4.52. The highest BCUT2D eigenvalue weighted by molar-refractivity contribution is 6.06. The summed E-state index contributed by atoms with van der Waals surface area (Å²) >= 11 is 0. The smallest absolute Gasteiger partial charge is 0.297 e. The Hall–Kier alpha value is -1.49. The van der Waals surface area contributed by atoms with Crippen molar-refractivity contribution in [1.82, 2.24) is 0 Å². The van der Waals surface area contributed by atoms with Crippen molar-refractivity contribution in [2.24, 2.45) is 9.89 Å². The lowest BCUT2D eigenvalue weighted by Crippen LogP contribution is -2.09. The second-order valence-corrected chi connectivity index (χ2v) is 3.37. The molecule has 4 nitrogen and oxygen atoms in total. The average molecular weight is 219 g/mol. The third-order valence-electron chi connectivity index (χ3n) is 1.62. The van der Waals surface area contributed by atoms with Gasteiger partial charge in [0.2, 0.25) is 0 Å². The van der Waals surface area contributed by atoms with Gasteiger partial charge < -0.3 is 4.74 Å². The zero-order valence-corrected chi connectivity index (χ0v) is 9.60. The molecule has 0 saturated carbocycles. The van der Waals surface area contributed by atoms with Crippen molar-refractivity contribution in [2.75, 3.05) is 0 Å². The minimum atomic E-state index is -0.429. The monoisotopic (exact) mass is 219 g/mol. The van der Waals surface area contributed by atoms with Crippen LogP contribution in [0.3, 0.4) is 0 Å². The summed E-state index contributed by atoms with van der Waals surface area (Å²) in [4.78, 5) is 11.5. The van der Waals surface area contributed by atoms with E-state index >= 15 is 0 Å². The van der Waals surface area contributed by atoms with Crippen molar-refractivity contribution >= 4 is 16.3 Å². The largest absolute Gasteiger partial charge is 0.490 e. The molecule has 0 unspecified atom stereocenters. The van der Waals surface area contributed by atoms with Gasteiger partial charge in [-0.15, -0.1) is 5.11 Å². The van der Waals surface area contributed by atoms with Gasteiger partial charge in [-0.25, -0.2) is 4.78 Å². The lowest BCUT2D eigenvalue weighted by Gasteiger charge is -2.11. The number of hydrogen-bond donors (Lipinski definition) is 0. The molecule has 77 valence electrons. The van der Waals surface area contributed by atoms with Gasteiger partial charge in [0.1, 0.15) is 5.75 Å². The normalized spacial score (nSPS) is 10.9. The van der Waals surface area contributed by atoms with E-state index in [-0.39, 0.29) is 6.10 Å². The first-order chi connectivity index (χ1) is 7.15. The summed E-state index contributed by atoms with van der Waals surface area (Å²) in [5.74, 6) is 0.0952. The summed E-state index contributed by atoms with van der Waals surface area (Å²) in [6.45, 7) is 3.79. The number of ether oxygens (including phenoxy) is 1. The molecule has 1 aromatic carbocycles. The summed E-state index contributed by atoms with van der Waals surface area (Å²) in [5.41, 5.74) is 0.410. The van der Waals surface area contributed by atoms with Crippen LogP contribution in [-0.4, -0.2) is 22.4 Å². The number of benzene rings is 1. The molecule has 15 heavy (non-hydrogen) atoms.